The molecular weight excluding hydrogens is 367 g/mol. The van der Waals surface area contributed by atoms with Crippen LogP contribution >= 0.6 is 0 Å². The number of halogens is 1. The van der Waals surface area contributed by atoms with Gasteiger partial charge in [0.2, 0.25) is 5.91 Å². The van der Waals surface area contributed by atoms with Crippen molar-refractivity contribution in [1.29, 1.82) is 0 Å². The first-order valence-corrected chi connectivity index (χ1v) is 10.7. The van der Waals surface area contributed by atoms with E-state index in [-0.39, 0.29) is 17.8 Å². The Bertz CT molecular complexity index is 831. The van der Waals surface area contributed by atoms with Crippen LogP contribution in [-0.2, 0) is 17.8 Å². The number of aryl methyl sites for hydroxylation is 1. The van der Waals surface area contributed by atoms with Crippen molar-refractivity contribution in [2.45, 2.75) is 51.1 Å². The highest BCUT2D eigenvalue weighted by atomic mass is 19.1. The monoisotopic (exact) mass is 396 g/mol. The summed E-state index contributed by atoms with van der Waals surface area (Å²) >= 11 is 0. The number of ether oxygens (including phenoxy) is 1. The second-order valence-corrected chi connectivity index (χ2v) is 8.09. The summed E-state index contributed by atoms with van der Waals surface area (Å²) in [6, 6.07) is 12.7. The van der Waals surface area contributed by atoms with E-state index in [0.29, 0.717) is 19.4 Å². The maximum absolute atomic E-state index is 13.0. The Morgan fingerprint density at radius 1 is 1.07 bits per heavy atom. The Morgan fingerprint density at radius 3 is 2.62 bits per heavy atom. The van der Waals surface area contributed by atoms with Crippen molar-refractivity contribution in [3.63, 3.8) is 0 Å². The highest BCUT2D eigenvalue weighted by molar-refractivity contribution is 5.77. The van der Waals surface area contributed by atoms with Crippen LogP contribution in [-0.4, -0.2) is 30.5 Å². The second-order valence-electron chi connectivity index (χ2n) is 8.09. The van der Waals surface area contributed by atoms with Crippen LogP contribution in [0.1, 0.15) is 54.8 Å². The first-order chi connectivity index (χ1) is 14.2. The van der Waals surface area contributed by atoms with Crippen molar-refractivity contribution in [2.75, 3.05) is 19.7 Å². The van der Waals surface area contributed by atoms with E-state index < -0.39 is 0 Å². The molecule has 0 saturated carbocycles. The fourth-order valence-corrected chi connectivity index (χ4v) is 4.23. The van der Waals surface area contributed by atoms with Crippen molar-refractivity contribution < 1.29 is 13.9 Å². The van der Waals surface area contributed by atoms with Crippen LogP contribution in [0, 0.1) is 5.82 Å². The number of carbonyl (C=O) groups excluding carboxylic acids is 1. The summed E-state index contributed by atoms with van der Waals surface area (Å²) in [6.07, 6.45) is 5.69. The van der Waals surface area contributed by atoms with Gasteiger partial charge in [0.15, 0.2) is 0 Å². The van der Waals surface area contributed by atoms with Gasteiger partial charge in [-0.15, -0.1) is 0 Å². The van der Waals surface area contributed by atoms with Gasteiger partial charge >= 0.3 is 0 Å². The molecule has 1 N–H and O–H groups in total. The zero-order valence-corrected chi connectivity index (χ0v) is 16.8. The molecule has 2 aliphatic rings. The quantitative estimate of drug-likeness (QED) is 0.788. The minimum Gasteiger partial charge on any atom is -0.493 e. The first kappa shape index (κ1) is 19.9. The van der Waals surface area contributed by atoms with E-state index in [2.05, 4.69) is 28.4 Å². The number of likely N-dealkylation sites (tertiary alicyclic amines) is 1. The van der Waals surface area contributed by atoms with Crippen molar-refractivity contribution in [1.82, 2.24) is 10.2 Å². The minimum atomic E-state index is -0.253. The zero-order chi connectivity index (χ0) is 20.1. The molecule has 0 aliphatic carbocycles. The van der Waals surface area contributed by atoms with Gasteiger partial charge in [0, 0.05) is 24.9 Å². The maximum atomic E-state index is 13.0. The third-order valence-corrected chi connectivity index (χ3v) is 5.86. The molecule has 4 rings (SSSR count). The van der Waals surface area contributed by atoms with Crippen LogP contribution in [0.2, 0.25) is 0 Å². The van der Waals surface area contributed by atoms with Gasteiger partial charge in [-0.3, -0.25) is 9.69 Å². The van der Waals surface area contributed by atoms with Gasteiger partial charge in [-0.25, -0.2) is 4.39 Å². The van der Waals surface area contributed by atoms with Gasteiger partial charge in [0.1, 0.15) is 11.6 Å². The summed E-state index contributed by atoms with van der Waals surface area (Å²) in [7, 11) is 0. The number of nitrogens with one attached hydrogen (secondary N) is 1. The van der Waals surface area contributed by atoms with Crippen LogP contribution in [0.3, 0.4) is 0 Å². The van der Waals surface area contributed by atoms with Gasteiger partial charge in [0.25, 0.3) is 0 Å². The fourth-order valence-electron chi connectivity index (χ4n) is 4.23. The first-order valence-electron chi connectivity index (χ1n) is 10.7. The van der Waals surface area contributed by atoms with E-state index in [0.717, 1.165) is 29.8 Å². The number of amides is 1. The molecule has 1 saturated heterocycles. The lowest BCUT2D eigenvalue weighted by molar-refractivity contribution is -0.122. The molecule has 2 aliphatic heterocycles. The molecule has 0 radical (unpaired) electrons. The van der Waals surface area contributed by atoms with E-state index in [4.69, 9.17) is 4.74 Å². The lowest BCUT2D eigenvalue weighted by atomic mass is 9.98. The molecule has 1 unspecified atom stereocenters. The van der Waals surface area contributed by atoms with Gasteiger partial charge in [-0.1, -0.05) is 30.7 Å². The fraction of sp³-hybridized carbons (Fsp3) is 0.458. The lowest BCUT2D eigenvalue weighted by Gasteiger charge is -2.29. The number of piperidine rings is 1. The van der Waals surface area contributed by atoms with Crippen LogP contribution in [0.15, 0.2) is 42.5 Å². The van der Waals surface area contributed by atoms with Gasteiger partial charge in [-0.05, 0) is 61.7 Å². The number of hydrogen-bond acceptors (Lipinski definition) is 3. The van der Waals surface area contributed by atoms with Crippen LogP contribution in [0.25, 0.3) is 0 Å². The Labute approximate surface area is 172 Å². The molecule has 1 atom stereocenters. The number of nitrogens with zero attached hydrogens (tertiary/aromatic N) is 1. The SMILES string of the molecule is O=C(CCc1ccc(F)cc1)NC1CCOc2cc(CN3CCCCC3)ccc21. The van der Waals surface area contributed by atoms with E-state index in [1.54, 1.807) is 12.1 Å². The molecular formula is C24H29FN2O2. The molecule has 0 bridgehead atoms. The molecule has 0 aromatic heterocycles. The van der Waals surface area contributed by atoms with Crippen LogP contribution < -0.4 is 10.1 Å². The smallest absolute Gasteiger partial charge is 0.220 e. The molecule has 0 spiro atoms. The molecule has 29 heavy (non-hydrogen) atoms. The third kappa shape index (κ3) is 5.36. The van der Waals surface area contributed by atoms with E-state index >= 15 is 0 Å². The third-order valence-electron chi connectivity index (χ3n) is 5.86. The minimum absolute atomic E-state index is 0.0106. The normalized spacial score (nSPS) is 19.3. The second kappa shape index (κ2) is 9.40. The summed E-state index contributed by atoms with van der Waals surface area (Å²) < 4.78 is 18.9. The van der Waals surface area contributed by atoms with Gasteiger partial charge in [0.05, 0.1) is 12.6 Å². The van der Waals surface area contributed by atoms with E-state index in [1.807, 2.05) is 0 Å². The van der Waals surface area contributed by atoms with Gasteiger partial charge < -0.3 is 10.1 Å². The van der Waals surface area contributed by atoms with E-state index in [9.17, 15) is 9.18 Å². The van der Waals surface area contributed by atoms with Crippen LogP contribution in [0.5, 0.6) is 5.75 Å². The summed E-state index contributed by atoms with van der Waals surface area (Å²) in [4.78, 5) is 15.0. The Hall–Kier alpha value is -2.40. The molecule has 1 amide bonds. The average Bonchev–Trinajstić information content (AvgIpc) is 2.74. The highest BCUT2D eigenvalue weighted by Gasteiger charge is 2.23. The van der Waals surface area contributed by atoms with Crippen molar-refractivity contribution >= 4 is 5.91 Å². The summed E-state index contributed by atoms with van der Waals surface area (Å²) in [5, 5.41) is 3.15. The lowest BCUT2D eigenvalue weighted by Crippen LogP contribution is -2.32. The predicted octanol–water partition coefficient (Wildman–Crippen LogP) is 4.38. The zero-order valence-electron chi connectivity index (χ0n) is 16.8. The molecule has 154 valence electrons. The number of benzene rings is 2. The molecule has 1 fully saturated rings. The molecule has 5 heteroatoms. The Morgan fingerprint density at radius 2 is 1.83 bits per heavy atom. The largest absolute Gasteiger partial charge is 0.493 e. The number of rotatable bonds is 6. The van der Waals surface area contributed by atoms with Crippen molar-refractivity contribution in [2.24, 2.45) is 0 Å². The average molecular weight is 397 g/mol. The molecule has 4 nitrogen and oxygen atoms in total. The molecule has 2 heterocycles. The highest BCUT2D eigenvalue weighted by Crippen LogP contribution is 2.33. The number of hydrogen-bond donors (Lipinski definition) is 1. The maximum Gasteiger partial charge on any atom is 0.220 e. The predicted molar refractivity (Wildman–Crippen MR) is 111 cm³/mol. The number of carbonyl (C=O) groups is 1. The summed E-state index contributed by atoms with van der Waals surface area (Å²) in [6.45, 7) is 3.92. The van der Waals surface area contributed by atoms with Crippen molar-refractivity contribution in [3.05, 3.63) is 65.0 Å². The Kier molecular flexibility index (Phi) is 6.45. The van der Waals surface area contributed by atoms with E-state index in [1.165, 1.54) is 50.0 Å². The number of fused-ring (bicyclic) bond motifs is 1. The van der Waals surface area contributed by atoms with Crippen LogP contribution in [0.4, 0.5) is 4.39 Å². The standard InChI is InChI=1S/C24H29FN2O2/c25-20-8-4-18(5-9-20)7-11-24(28)26-22-12-15-29-23-16-19(6-10-21(22)23)17-27-13-2-1-3-14-27/h4-6,8-10,16,22H,1-3,7,11-15,17H2,(H,26,28). The molecule has 2 aromatic carbocycles. The molecule has 2 aromatic rings. The van der Waals surface area contributed by atoms with Crippen molar-refractivity contribution in [3.8, 4) is 5.75 Å². The Balaban J connectivity index is 1.34. The van der Waals surface area contributed by atoms with Gasteiger partial charge in [-0.2, -0.15) is 0 Å². The topological polar surface area (TPSA) is 41.6 Å². The summed E-state index contributed by atoms with van der Waals surface area (Å²) in [5.74, 6) is 0.663. The summed E-state index contributed by atoms with van der Waals surface area (Å²) in [5.41, 5.74) is 3.30.